The number of fused-ring (bicyclic) bond motifs is 1. The van der Waals surface area contributed by atoms with Crippen LogP contribution in [0, 0.1) is 18.6 Å². The average molecular weight is 595 g/mol. The third-order valence-corrected chi connectivity index (χ3v) is 7.34. The molecular weight excluding hydrogens is 562 g/mol. The molecule has 1 saturated heterocycles. The largest absolute Gasteiger partial charge is 0.507 e. The molecule has 1 aromatic carbocycles. The number of phenolic OH excluding ortho intramolecular Hbond substituents is 1. The number of amides is 1. The summed E-state index contributed by atoms with van der Waals surface area (Å²) in [7, 11) is 0. The average Bonchev–Trinajstić information content (AvgIpc) is 2.93. The van der Waals surface area contributed by atoms with Crippen molar-refractivity contribution in [3.8, 4) is 22.7 Å². The van der Waals surface area contributed by atoms with Gasteiger partial charge in [0.25, 0.3) is 0 Å². The van der Waals surface area contributed by atoms with Crippen LogP contribution in [0.4, 0.5) is 14.6 Å². The highest BCUT2D eigenvalue weighted by Gasteiger charge is 2.31. The first-order valence-electron chi connectivity index (χ1n) is 13.3. The molecular formula is C30H32F2N6O3S. The van der Waals surface area contributed by atoms with Crippen LogP contribution >= 0.6 is 13.5 Å². The van der Waals surface area contributed by atoms with Gasteiger partial charge >= 0.3 is 5.69 Å². The van der Waals surface area contributed by atoms with E-state index in [0.717, 1.165) is 12.1 Å². The number of phenols is 1. The zero-order valence-corrected chi connectivity index (χ0v) is 24.7. The molecule has 12 heteroatoms. The first-order chi connectivity index (χ1) is 19.5. The second-order valence-electron chi connectivity index (χ2n) is 10.4. The molecule has 1 amide bonds. The first kappa shape index (κ1) is 30.6. The Balaban J connectivity index is 0.00000405. The smallest absolute Gasteiger partial charge is 0.355 e. The molecule has 3 aromatic heterocycles. The molecule has 0 unspecified atom stereocenters. The van der Waals surface area contributed by atoms with E-state index in [1.54, 1.807) is 17.2 Å². The number of pyridine rings is 2. The van der Waals surface area contributed by atoms with Crippen LogP contribution in [-0.2, 0) is 4.79 Å². The maximum Gasteiger partial charge on any atom is 0.355 e. The summed E-state index contributed by atoms with van der Waals surface area (Å²) in [4.78, 5) is 43.0. The number of hydrogen-bond donors (Lipinski definition) is 1. The van der Waals surface area contributed by atoms with E-state index in [1.807, 2.05) is 32.6 Å². The summed E-state index contributed by atoms with van der Waals surface area (Å²) in [5.74, 6) is -2.35. The second kappa shape index (κ2) is 11.9. The standard InChI is InChI=1S/C30H30F2N6O3.H2S/c1-6-23(40)36-12-13-37(18(5)15-36)28-19-14-21(32)26(24-20(31)8-7-9-22(24)39)34-29(19)38(30(41)35-28)27-17(4)10-11-33-25(27)16(2)3;/h6-11,14,16,18,39H,1,12-13,15H2,2-5H3;1H2/t18-;/m0./s1. The number of rotatable bonds is 5. The number of benzene rings is 1. The van der Waals surface area contributed by atoms with Crippen molar-refractivity contribution >= 4 is 36.3 Å². The van der Waals surface area contributed by atoms with Crippen LogP contribution in [0.3, 0.4) is 0 Å². The number of carbonyl (C=O) groups excluding carboxylic acids is 1. The van der Waals surface area contributed by atoms with Gasteiger partial charge in [-0.25, -0.2) is 23.1 Å². The molecule has 0 bridgehead atoms. The number of aromatic hydroxyl groups is 1. The molecule has 220 valence electrons. The Kier molecular flexibility index (Phi) is 8.67. The van der Waals surface area contributed by atoms with E-state index in [2.05, 4.69) is 21.5 Å². The molecule has 1 N–H and O–H groups in total. The summed E-state index contributed by atoms with van der Waals surface area (Å²) in [6, 6.07) is 6.27. The Morgan fingerprint density at radius 2 is 1.90 bits per heavy atom. The Morgan fingerprint density at radius 1 is 1.17 bits per heavy atom. The van der Waals surface area contributed by atoms with Crippen LogP contribution in [0.5, 0.6) is 5.75 Å². The lowest BCUT2D eigenvalue weighted by Crippen LogP contribution is -2.54. The third-order valence-electron chi connectivity index (χ3n) is 7.34. The lowest BCUT2D eigenvalue weighted by Gasteiger charge is -2.40. The van der Waals surface area contributed by atoms with Gasteiger partial charge in [0.2, 0.25) is 5.91 Å². The first-order valence-corrected chi connectivity index (χ1v) is 13.3. The van der Waals surface area contributed by atoms with Gasteiger partial charge in [0.1, 0.15) is 23.1 Å². The quantitative estimate of drug-likeness (QED) is 0.337. The molecule has 42 heavy (non-hydrogen) atoms. The zero-order chi connectivity index (χ0) is 29.6. The Hall–Kier alpha value is -4.32. The number of nitrogens with zero attached hydrogens (tertiary/aromatic N) is 6. The number of aryl methyl sites for hydroxylation is 1. The maximum absolute atomic E-state index is 15.8. The lowest BCUT2D eigenvalue weighted by molar-refractivity contribution is -0.126. The van der Waals surface area contributed by atoms with Crippen LogP contribution in [0.25, 0.3) is 28.0 Å². The molecule has 1 atom stereocenters. The summed E-state index contributed by atoms with van der Waals surface area (Å²) >= 11 is 0. The molecule has 0 aliphatic carbocycles. The number of aromatic nitrogens is 4. The number of hydrogen-bond acceptors (Lipinski definition) is 7. The monoisotopic (exact) mass is 594 g/mol. The number of piperazine rings is 1. The molecule has 1 aliphatic rings. The van der Waals surface area contributed by atoms with Crippen molar-refractivity contribution in [2.24, 2.45) is 0 Å². The summed E-state index contributed by atoms with van der Waals surface area (Å²) < 4.78 is 32.0. The molecule has 4 aromatic rings. The highest BCUT2D eigenvalue weighted by atomic mass is 32.1. The molecule has 5 rings (SSSR count). The minimum absolute atomic E-state index is 0. The fourth-order valence-corrected chi connectivity index (χ4v) is 5.33. The third kappa shape index (κ3) is 5.22. The SMILES string of the molecule is C=CC(=O)N1CCN(c2nc(=O)n(-c3c(C)ccnc3C(C)C)c3nc(-c4c(O)cccc4F)c(F)cc23)[C@@H](C)C1.S. The number of anilines is 1. The van der Waals surface area contributed by atoms with E-state index in [1.165, 1.54) is 22.8 Å². The normalized spacial score (nSPS) is 15.2. The van der Waals surface area contributed by atoms with Gasteiger partial charge in [-0.2, -0.15) is 18.5 Å². The van der Waals surface area contributed by atoms with E-state index in [4.69, 9.17) is 0 Å². The molecule has 0 spiro atoms. The molecule has 1 aliphatic heterocycles. The highest BCUT2D eigenvalue weighted by molar-refractivity contribution is 7.59. The van der Waals surface area contributed by atoms with Crippen molar-refractivity contribution in [1.29, 1.82) is 0 Å². The van der Waals surface area contributed by atoms with E-state index in [-0.39, 0.29) is 48.2 Å². The van der Waals surface area contributed by atoms with E-state index in [9.17, 15) is 19.1 Å². The lowest BCUT2D eigenvalue weighted by atomic mass is 10.0. The molecule has 1 fully saturated rings. The predicted octanol–water partition coefficient (Wildman–Crippen LogP) is 4.59. The van der Waals surface area contributed by atoms with Gasteiger partial charge in [-0.15, -0.1) is 0 Å². The Labute approximate surface area is 248 Å². The Bertz CT molecular complexity index is 1740. The summed E-state index contributed by atoms with van der Waals surface area (Å²) in [5, 5.41) is 10.7. The van der Waals surface area contributed by atoms with Crippen molar-refractivity contribution in [1.82, 2.24) is 24.4 Å². The van der Waals surface area contributed by atoms with Crippen LogP contribution < -0.4 is 10.6 Å². The minimum atomic E-state index is -0.897. The minimum Gasteiger partial charge on any atom is -0.507 e. The fraction of sp³-hybridized carbons (Fsp3) is 0.300. The van der Waals surface area contributed by atoms with E-state index >= 15 is 4.39 Å². The highest BCUT2D eigenvalue weighted by Crippen LogP contribution is 2.36. The second-order valence-corrected chi connectivity index (χ2v) is 10.4. The van der Waals surface area contributed by atoms with Gasteiger partial charge in [-0.1, -0.05) is 26.5 Å². The van der Waals surface area contributed by atoms with Crippen molar-refractivity contribution in [3.63, 3.8) is 0 Å². The number of halogens is 2. The van der Waals surface area contributed by atoms with Gasteiger partial charge in [0.15, 0.2) is 11.5 Å². The van der Waals surface area contributed by atoms with Gasteiger partial charge in [0.05, 0.1) is 22.3 Å². The van der Waals surface area contributed by atoms with Crippen LogP contribution in [0.1, 0.15) is 37.9 Å². The van der Waals surface area contributed by atoms with Crippen molar-refractivity contribution in [2.45, 2.75) is 39.7 Å². The summed E-state index contributed by atoms with van der Waals surface area (Å²) in [6.45, 7) is 12.1. The van der Waals surface area contributed by atoms with Crippen LogP contribution in [0.15, 0.2) is 54.0 Å². The predicted molar refractivity (Wildman–Crippen MR) is 163 cm³/mol. The van der Waals surface area contributed by atoms with Gasteiger partial charge in [-0.3, -0.25) is 9.78 Å². The fourth-order valence-electron chi connectivity index (χ4n) is 5.33. The maximum atomic E-state index is 15.8. The topological polar surface area (TPSA) is 104 Å². The van der Waals surface area contributed by atoms with Crippen molar-refractivity contribution < 1.29 is 18.7 Å². The molecule has 9 nitrogen and oxygen atoms in total. The van der Waals surface area contributed by atoms with Crippen LogP contribution in [0.2, 0.25) is 0 Å². The summed E-state index contributed by atoms with van der Waals surface area (Å²) in [5.41, 5.74) is 0.275. The molecule has 0 radical (unpaired) electrons. The van der Waals surface area contributed by atoms with Crippen molar-refractivity contribution in [2.75, 3.05) is 24.5 Å². The van der Waals surface area contributed by atoms with Gasteiger partial charge in [0, 0.05) is 31.9 Å². The Morgan fingerprint density at radius 3 is 2.55 bits per heavy atom. The van der Waals surface area contributed by atoms with Gasteiger partial charge < -0.3 is 14.9 Å². The summed E-state index contributed by atoms with van der Waals surface area (Å²) in [6.07, 6.45) is 2.89. The van der Waals surface area contributed by atoms with Crippen LogP contribution in [-0.4, -0.2) is 61.1 Å². The van der Waals surface area contributed by atoms with Crippen molar-refractivity contribution in [3.05, 3.63) is 82.6 Å². The van der Waals surface area contributed by atoms with E-state index < -0.39 is 34.3 Å². The number of carbonyl (C=O) groups is 1. The van der Waals surface area contributed by atoms with E-state index in [0.29, 0.717) is 36.6 Å². The molecule has 0 saturated carbocycles. The zero-order valence-electron chi connectivity index (χ0n) is 23.7. The molecule has 4 heterocycles. The van der Waals surface area contributed by atoms with Gasteiger partial charge in [-0.05, 0) is 55.7 Å².